The summed E-state index contributed by atoms with van der Waals surface area (Å²) in [5.41, 5.74) is 1.16. The van der Waals surface area contributed by atoms with E-state index in [1.54, 1.807) is 17.4 Å². The molecular weight excluding hydrogens is 546 g/mol. The van der Waals surface area contributed by atoms with E-state index in [4.69, 9.17) is 0 Å². The van der Waals surface area contributed by atoms with Gasteiger partial charge in [-0.05, 0) is 88.4 Å². The van der Waals surface area contributed by atoms with Crippen LogP contribution >= 0.6 is 43.2 Å². The minimum absolute atomic E-state index is 0.0694. The van der Waals surface area contributed by atoms with E-state index in [0.717, 1.165) is 32.4 Å². The summed E-state index contributed by atoms with van der Waals surface area (Å²) in [7, 11) is 0. The van der Waals surface area contributed by atoms with Gasteiger partial charge in [-0.1, -0.05) is 24.3 Å². The Morgan fingerprint density at radius 2 is 2.10 bits per heavy atom. The Hall–Kier alpha value is -0.510. The van der Waals surface area contributed by atoms with Crippen LogP contribution in [-0.4, -0.2) is 46.1 Å². The highest BCUT2D eigenvalue weighted by atomic mass is 79.9. The summed E-state index contributed by atoms with van der Waals surface area (Å²) in [6, 6.07) is 2.06. The molecule has 1 saturated carbocycles. The summed E-state index contributed by atoms with van der Waals surface area (Å²) in [6.07, 6.45) is 10.5. The van der Waals surface area contributed by atoms with Gasteiger partial charge in [-0.2, -0.15) is 0 Å². The molecular formula is C23H33Br2NO4S. The highest BCUT2D eigenvalue weighted by Gasteiger charge is 2.39. The number of aliphatic hydroxyl groups is 3. The summed E-state index contributed by atoms with van der Waals surface area (Å²) in [5, 5.41) is 33.9. The van der Waals surface area contributed by atoms with Gasteiger partial charge in [-0.25, -0.2) is 0 Å². The summed E-state index contributed by atoms with van der Waals surface area (Å²) in [5.74, 6) is -0.167. The number of amides is 1. The number of halogens is 2. The lowest BCUT2D eigenvalue weighted by atomic mass is 9.89. The predicted octanol–water partition coefficient (Wildman–Crippen LogP) is 4.73. The first-order valence-electron chi connectivity index (χ1n) is 10.9. The zero-order valence-electron chi connectivity index (χ0n) is 17.8. The number of rotatable bonds is 12. The molecule has 4 N–H and O–H groups in total. The Kier molecular flexibility index (Phi) is 12.0. The molecule has 0 spiro atoms. The topological polar surface area (TPSA) is 89.8 Å². The Morgan fingerprint density at radius 1 is 1.32 bits per heavy atom. The highest BCUT2D eigenvalue weighted by molar-refractivity contribution is 9.12. The van der Waals surface area contributed by atoms with Gasteiger partial charge in [-0.15, -0.1) is 11.3 Å². The molecule has 1 aromatic heterocycles. The van der Waals surface area contributed by atoms with Crippen molar-refractivity contribution in [2.75, 3.05) is 6.54 Å². The molecule has 0 aliphatic heterocycles. The molecule has 5 atom stereocenters. The number of unbranched alkanes of at least 4 members (excludes halogenated alkanes) is 1. The molecule has 8 heteroatoms. The van der Waals surface area contributed by atoms with Gasteiger partial charge in [0.05, 0.1) is 25.9 Å². The van der Waals surface area contributed by atoms with Crippen LogP contribution in [0.4, 0.5) is 0 Å². The van der Waals surface area contributed by atoms with Crippen LogP contribution in [-0.2, 0) is 11.2 Å². The van der Waals surface area contributed by atoms with E-state index >= 15 is 0 Å². The summed E-state index contributed by atoms with van der Waals surface area (Å²) in [6.45, 7) is 2.56. The molecule has 31 heavy (non-hydrogen) atoms. The van der Waals surface area contributed by atoms with Gasteiger partial charge >= 0.3 is 0 Å². The standard InChI is InChI=1S/C23H33Br2NO4S/c1-2-26-22(30)8-6-4-3-5-7-17-18(20(29)14-19(17)28)12-11-16(27)10-9-15-13-21(24)31-23(15)25/h3,5,11-13,16-20,27-29H,2,4,6-10,14H2,1H3,(H,26,30)/t16?,17-,18-,19?,20?/m1/s1. The maximum atomic E-state index is 11.5. The number of carbonyl (C=O) groups excluding carboxylic acids is 1. The van der Waals surface area contributed by atoms with Crippen molar-refractivity contribution in [1.29, 1.82) is 0 Å². The van der Waals surface area contributed by atoms with Crippen LogP contribution in [0.3, 0.4) is 0 Å². The maximum absolute atomic E-state index is 11.5. The Labute approximate surface area is 205 Å². The second-order valence-corrected chi connectivity index (χ2v) is 11.8. The number of thiophene rings is 1. The average molecular weight is 579 g/mol. The molecule has 1 aliphatic rings. The molecule has 1 heterocycles. The Balaban J connectivity index is 1.80. The quantitative estimate of drug-likeness (QED) is 0.213. The third-order valence-corrected chi connectivity index (χ3v) is 8.10. The second kappa shape index (κ2) is 13.9. The lowest BCUT2D eigenvalue weighted by Crippen LogP contribution is -2.21. The summed E-state index contributed by atoms with van der Waals surface area (Å²) < 4.78 is 2.13. The molecule has 174 valence electrons. The fourth-order valence-electron chi connectivity index (χ4n) is 3.94. The fraction of sp³-hybridized carbons (Fsp3) is 0.609. The van der Waals surface area contributed by atoms with E-state index < -0.39 is 18.3 Å². The molecule has 5 nitrogen and oxygen atoms in total. The van der Waals surface area contributed by atoms with Crippen molar-refractivity contribution in [3.63, 3.8) is 0 Å². The molecule has 0 aromatic carbocycles. The first-order valence-corrected chi connectivity index (χ1v) is 13.3. The number of hydrogen-bond donors (Lipinski definition) is 4. The van der Waals surface area contributed by atoms with E-state index in [0.29, 0.717) is 32.2 Å². The van der Waals surface area contributed by atoms with Crippen molar-refractivity contribution in [2.24, 2.45) is 11.8 Å². The number of aryl methyl sites for hydroxylation is 1. The molecule has 0 radical (unpaired) electrons. The van der Waals surface area contributed by atoms with Gasteiger partial charge in [0.1, 0.15) is 0 Å². The van der Waals surface area contributed by atoms with Crippen molar-refractivity contribution in [2.45, 2.75) is 70.2 Å². The van der Waals surface area contributed by atoms with Crippen LogP contribution in [0.1, 0.15) is 51.0 Å². The van der Waals surface area contributed by atoms with Gasteiger partial charge in [0.25, 0.3) is 0 Å². The van der Waals surface area contributed by atoms with Gasteiger partial charge in [0, 0.05) is 25.3 Å². The van der Waals surface area contributed by atoms with Crippen molar-refractivity contribution in [3.8, 4) is 0 Å². The average Bonchev–Trinajstić information content (AvgIpc) is 3.17. The number of nitrogens with one attached hydrogen (secondary N) is 1. The maximum Gasteiger partial charge on any atom is 0.219 e. The number of hydrogen-bond acceptors (Lipinski definition) is 5. The van der Waals surface area contributed by atoms with E-state index in [1.165, 1.54) is 0 Å². The molecule has 0 saturated heterocycles. The van der Waals surface area contributed by atoms with Crippen LogP contribution in [0.5, 0.6) is 0 Å². The summed E-state index contributed by atoms with van der Waals surface area (Å²) >= 11 is 8.62. The van der Waals surface area contributed by atoms with Gasteiger partial charge in [0.15, 0.2) is 0 Å². The normalized spacial score (nSPS) is 25.0. The highest BCUT2D eigenvalue weighted by Crippen LogP contribution is 2.36. The minimum Gasteiger partial charge on any atom is -0.393 e. The van der Waals surface area contributed by atoms with Crippen LogP contribution in [0.25, 0.3) is 0 Å². The van der Waals surface area contributed by atoms with Crippen molar-refractivity contribution >= 4 is 49.1 Å². The third kappa shape index (κ3) is 9.10. The minimum atomic E-state index is -0.600. The van der Waals surface area contributed by atoms with Gasteiger partial charge in [0.2, 0.25) is 5.91 Å². The lowest BCUT2D eigenvalue weighted by Gasteiger charge is -2.19. The van der Waals surface area contributed by atoms with E-state index in [-0.39, 0.29) is 17.7 Å². The number of allylic oxidation sites excluding steroid dienone is 2. The van der Waals surface area contributed by atoms with E-state index in [1.807, 2.05) is 25.2 Å². The molecule has 1 aliphatic carbocycles. The number of aliphatic hydroxyl groups excluding tert-OH is 3. The third-order valence-electron chi connectivity index (χ3n) is 5.63. The van der Waals surface area contributed by atoms with E-state index in [9.17, 15) is 20.1 Å². The molecule has 3 unspecified atom stereocenters. The molecule has 2 rings (SSSR count). The van der Waals surface area contributed by atoms with Crippen molar-refractivity contribution in [3.05, 3.63) is 43.5 Å². The lowest BCUT2D eigenvalue weighted by molar-refractivity contribution is -0.121. The number of carbonyl (C=O) groups is 1. The molecule has 1 amide bonds. The Morgan fingerprint density at radius 3 is 2.77 bits per heavy atom. The van der Waals surface area contributed by atoms with Crippen LogP contribution in [0.15, 0.2) is 37.9 Å². The van der Waals surface area contributed by atoms with Crippen LogP contribution < -0.4 is 5.32 Å². The largest absolute Gasteiger partial charge is 0.393 e. The molecule has 1 fully saturated rings. The smallest absolute Gasteiger partial charge is 0.219 e. The fourth-order valence-corrected chi connectivity index (χ4v) is 6.86. The van der Waals surface area contributed by atoms with Crippen LogP contribution in [0, 0.1) is 11.8 Å². The first-order chi connectivity index (χ1) is 14.8. The molecule has 1 aromatic rings. The van der Waals surface area contributed by atoms with E-state index in [2.05, 4.69) is 43.2 Å². The second-order valence-electron chi connectivity index (χ2n) is 8.00. The van der Waals surface area contributed by atoms with Gasteiger partial charge in [-0.3, -0.25) is 4.79 Å². The Bertz CT molecular complexity index is 752. The van der Waals surface area contributed by atoms with Crippen molar-refractivity contribution < 1.29 is 20.1 Å². The zero-order chi connectivity index (χ0) is 22.8. The summed E-state index contributed by atoms with van der Waals surface area (Å²) in [4.78, 5) is 11.5. The first kappa shape index (κ1) is 26.7. The zero-order valence-corrected chi connectivity index (χ0v) is 21.8. The SMILES string of the molecule is CCNC(=O)CCCC=CC[C@H]1C(O)CC(O)[C@@H]1C=CC(O)CCc1cc(Br)sc1Br. The monoisotopic (exact) mass is 577 g/mol. The van der Waals surface area contributed by atoms with Crippen molar-refractivity contribution in [1.82, 2.24) is 5.32 Å². The predicted molar refractivity (Wildman–Crippen MR) is 133 cm³/mol. The van der Waals surface area contributed by atoms with Gasteiger partial charge < -0.3 is 20.6 Å². The molecule has 0 bridgehead atoms. The van der Waals surface area contributed by atoms with Crippen LogP contribution in [0.2, 0.25) is 0 Å².